The third-order valence-electron chi connectivity index (χ3n) is 4.62. The molecule has 2 fully saturated rings. The van der Waals surface area contributed by atoms with Gasteiger partial charge in [-0.15, -0.1) is 0 Å². The average molecular weight is 383 g/mol. The molecule has 1 amide bonds. The van der Waals surface area contributed by atoms with Crippen LogP contribution in [-0.4, -0.2) is 65.3 Å². The van der Waals surface area contributed by atoms with E-state index in [9.17, 15) is 14.7 Å². The largest absolute Gasteiger partial charge is 0.480 e. The van der Waals surface area contributed by atoms with Gasteiger partial charge in [0.1, 0.15) is 5.72 Å². The first kappa shape index (κ1) is 16.4. The number of carbonyl (C=O) groups excluding carboxylic acids is 1. The van der Waals surface area contributed by atoms with Crippen LogP contribution in [0.1, 0.15) is 23.2 Å². The number of halogens is 1. The van der Waals surface area contributed by atoms with E-state index in [4.69, 9.17) is 4.74 Å². The van der Waals surface area contributed by atoms with Crippen molar-refractivity contribution in [3.05, 3.63) is 34.3 Å². The zero-order valence-corrected chi connectivity index (χ0v) is 14.5. The summed E-state index contributed by atoms with van der Waals surface area (Å²) < 4.78 is 6.74. The van der Waals surface area contributed by atoms with Crippen LogP contribution in [0.5, 0.6) is 0 Å². The molecule has 0 aliphatic carbocycles. The Kier molecular flexibility index (Phi) is 4.44. The number of benzene rings is 1. The topological polar surface area (TPSA) is 70.1 Å². The maximum absolute atomic E-state index is 13.0. The summed E-state index contributed by atoms with van der Waals surface area (Å²) in [5, 5.41) is 9.50. The zero-order chi connectivity index (χ0) is 16.6. The van der Waals surface area contributed by atoms with Crippen molar-refractivity contribution in [3.8, 4) is 0 Å². The second-order valence-corrected chi connectivity index (χ2v) is 7.01. The molecule has 0 saturated carbocycles. The molecule has 124 valence electrons. The van der Waals surface area contributed by atoms with Gasteiger partial charge in [-0.1, -0.05) is 15.9 Å². The van der Waals surface area contributed by atoms with E-state index in [0.29, 0.717) is 18.4 Å². The molecule has 6 nitrogen and oxygen atoms in total. The molecule has 1 aromatic rings. The van der Waals surface area contributed by atoms with E-state index in [1.54, 1.807) is 24.3 Å². The second-order valence-electron chi connectivity index (χ2n) is 6.10. The minimum atomic E-state index is -1.02. The first-order chi connectivity index (χ1) is 10.9. The SMILES string of the molecule is CN1CCC2(CC1)OC[C@@H](C(=O)O)N2C(=O)c1ccc(Br)cc1. The number of amides is 1. The Balaban J connectivity index is 1.94. The van der Waals surface area contributed by atoms with Gasteiger partial charge in [0.2, 0.25) is 0 Å². The highest BCUT2D eigenvalue weighted by Crippen LogP contribution is 2.38. The van der Waals surface area contributed by atoms with Crippen LogP contribution >= 0.6 is 15.9 Å². The van der Waals surface area contributed by atoms with E-state index in [1.165, 1.54) is 4.90 Å². The van der Waals surface area contributed by atoms with Crippen molar-refractivity contribution >= 4 is 27.8 Å². The maximum Gasteiger partial charge on any atom is 0.328 e. The number of hydrogen-bond donors (Lipinski definition) is 1. The van der Waals surface area contributed by atoms with Crippen LogP contribution in [0, 0.1) is 0 Å². The molecule has 2 aliphatic rings. The van der Waals surface area contributed by atoms with E-state index >= 15 is 0 Å². The van der Waals surface area contributed by atoms with E-state index in [1.807, 2.05) is 7.05 Å². The predicted molar refractivity (Wildman–Crippen MR) is 87.1 cm³/mol. The highest BCUT2D eigenvalue weighted by atomic mass is 79.9. The molecule has 2 saturated heterocycles. The van der Waals surface area contributed by atoms with Crippen LogP contribution in [0.15, 0.2) is 28.7 Å². The van der Waals surface area contributed by atoms with Crippen LogP contribution in [0.3, 0.4) is 0 Å². The number of piperidine rings is 1. The highest BCUT2D eigenvalue weighted by Gasteiger charge is 2.53. The van der Waals surface area contributed by atoms with Crippen LogP contribution in [-0.2, 0) is 9.53 Å². The fourth-order valence-electron chi connectivity index (χ4n) is 3.26. The Morgan fingerprint density at radius 2 is 1.87 bits per heavy atom. The molecule has 2 aliphatic heterocycles. The number of carboxylic acids is 1. The lowest BCUT2D eigenvalue weighted by molar-refractivity contribution is -0.143. The Bertz CT molecular complexity index is 611. The number of carboxylic acid groups (broad SMARTS) is 1. The van der Waals surface area contributed by atoms with E-state index < -0.39 is 17.7 Å². The summed E-state index contributed by atoms with van der Waals surface area (Å²) in [5.41, 5.74) is -0.331. The monoisotopic (exact) mass is 382 g/mol. The minimum Gasteiger partial charge on any atom is -0.480 e. The summed E-state index contributed by atoms with van der Waals surface area (Å²) in [4.78, 5) is 28.2. The van der Waals surface area contributed by atoms with E-state index in [2.05, 4.69) is 20.8 Å². The zero-order valence-electron chi connectivity index (χ0n) is 12.9. The van der Waals surface area contributed by atoms with Gasteiger partial charge in [-0.05, 0) is 31.3 Å². The van der Waals surface area contributed by atoms with Gasteiger partial charge in [-0.25, -0.2) is 4.79 Å². The molecule has 1 atom stereocenters. The highest BCUT2D eigenvalue weighted by molar-refractivity contribution is 9.10. The summed E-state index contributed by atoms with van der Waals surface area (Å²) in [5.74, 6) is -1.31. The second kappa shape index (κ2) is 6.22. The van der Waals surface area contributed by atoms with Crippen molar-refractivity contribution in [2.24, 2.45) is 0 Å². The van der Waals surface area contributed by atoms with Crippen LogP contribution in [0.4, 0.5) is 0 Å². The molecule has 23 heavy (non-hydrogen) atoms. The van der Waals surface area contributed by atoms with Crippen molar-refractivity contribution in [2.45, 2.75) is 24.6 Å². The van der Waals surface area contributed by atoms with Crippen molar-refractivity contribution < 1.29 is 19.4 Å². The van der Waals surface area contributed by atoms with Gasteiger partial charge in [0.15, 0.2) is 6.04 Å². The van der Waals surface area contributed by atoms with Crippen molar-refractivity contribution in [2.75, 3.05) is 26.7 Å². The third kappa shape index (κ3) is 3.00. The lowest BCUT2D eigenvalue weighted by Gasteiger charge is -2.43. The number of likely N-dealkylation sites (tertiary alicyclic amines) is 1. The van der Waals surface area contributed by atoms with Gasteiger partial charge in [0.25, 0.3) is 5.91 Å². The number of aliphatic carboxylic acids is 1. The minimum absolute atomic E-state index is 0.0430. The standard InChI is InChI=1S/C16H19BrN2O4/c1-18-8-6-16(7-9-18)19(13(10-23-16)15(21)22)14(20)11-2-4-12(17)5-3-11/h2-5,13H,6-10H2,1H3,(H,21,22)/t13-/m0/s1. The van der Waals surface area contributed by atoms with Gasteiger partial charge in [-0.3, -0.25) is 9.69 Å². The molecular weight excluding hydrogens is 364 g/mol. The van der Waals surface area contributed by atoms with Crippen LogP contribution in [0.2, 0.25) is 0 Å². The Labute approximate surface area is 143 Å². The van der Waals surface area contributed by atoms with Gasteiger partial charge in [0, 0.05) is 36.0 Å². The summed E-state index contributed by atoms with van der Waals surface area (Å²) in [6.45, 7) is 1.59. The molecular formula is C16H19BrN2O4. The molecule has 2 heterocycles. The Morgan fingerprint density at radius 3 is 2.43 bits per heavy atom. The molecule has 1 N–H and O–H groups in total. The molecule has 0 aromatic heterocycles. The first-order valence-corrected chi connectivity index (χ1v) is 8.37. The molecule has 3 rings (SSSR count). The fourth-order valence-corrected chi connectivity index (χ4v) is 3.52. The maximum atomic E-state index is 13.0. The summed E-state index contributed by atoms with van der Waals surface area (Å²) in [6, 6.07) is 6.02. The number of carbonyl (C=O) groups is 2. The van der Waals surface area contributed by atoms with Gasteiger partial charge in [0.05, 0.1) is 6.61 Å². The lowest BCUT2D eigenvalue weighted by Crippen LogP contribution is -2.57. The number of rotatable bonds is 2. The average Bonchev–Trinajstić information content (AvgIpc) is 2.90. The van der Waals surface area contributed by atoms with Crippen LogP contribution in [0.25, 0.3) is 0 Å². The fraction of sp³-hybridized carbons (Fsp3) is 0.500. The number of hydrogen-bond acceptors (Lipinski definition) is 4. The quantitative estimate of drug-likeness (QED) is 0.844. The van der Waals surface area contributed by atoms with E-state index in [0.717, 1.165) is 17.6 Å². The van der Waals surface area contributed by atoms with E-state index in [-0.39, 0.29) is 12.5 Å². The smallest absolute Gasteiger partial charge is 0.328 e. The van der Waals surface area contributed by atoms with Crippen LogP contribution < -0.4 is 0 Å². The summed E-state index contributed by atoms with van der Waals surface area (Å²) in [6.07, 6.45) is 1.24. The molecule has 0 radical (unpaired) electrons. The summed E-state index contributed by atoms with van der Waals surface area (Å²) in [7, 11) is 2.01. The predicted octanol–water partition coefficient (Wildman–Crippen LogP) is 1.80. The molecule has 1 spiro atoms. The van der Waals surface area contributed by atoms with Gasteiger partial charge < -0.3 is 14.7 Å². The molecule has 0 unspecified atom stereocenters. The molecule has 0 bridgehead atoms. The Morgan fingerprint density at radius 1 is 1.26 bits per heavy atom. The van der Waals surface area contributed by atoms with Gasteiger partial charge in [-0.2, -0.15) is 0 Å². The number of ether oxygens (including phenoxy) is 1. The third-order valence-corrected chi connectivity index (χ3v) is 5.15. The lowest BCUT2D eigenvalue weighted by atomic mass is 9.97. The first-order valence-electron chi connectivity index (χ1n) is 7.57. The normalized spacial score (nSPS) is 24.1. The van der Waals surface area contributed by atoms with Crippen molar-refractivity contribution in [3.63, 3.8) is 0 Å². The van der Waals surface area contributed by atoms with Crippen molar-refractivity contribution in [1.82, 2.24) is 9.80 Å². The van der Waals surface area contributed by atoms with Gasteiger partial charge >= 0.3 is 5.97 Å². The Hall–Kier alpha value is -1.44. The van der Waals surface area contributed by atoms with Crippen molar-refractivity contribution in [1.29, 1.82) is 0 Å². The summed E-state index contributed by atoms with van der Waals surface area (Å²) >= 11 is 3.34. The number of nitrogens with zero attached hydrogens (tertiary/aromatic N) is 2. The molecule has 7 heteroatoms. The molecule has 1 aromatic carbocycles.